The summed E-state index contributed by atoms with van der Waals surface area (Å²) in [5, 5.41) is 10.3. The number of nitrogens with zero attached hydrogens (tertiary/aromatic N) is 2. The maximum atomic E-state index is 12.3. The van der Waals surface area contributed by atoms with Gasteiger partial charge in [0.1, 0.15) is 5.75 Å². The van der Waals surface area contributed by atoms with Crippen molar-refractivity contribution in [3.63, 3.8) is 0 Å². The second-order valence-corrected chi connectivity index (χ2v) is 5.73. The highest BCUT2D eigenvalue weighted by molar-refractivity contribution is 6.05. The van der Waals surface area contributed by atoms with Crippen LogP contribution in [0, 0.1) is 0 Å². The fourth-order valence-electron chi connectivity index (χ4n) is 2.39. The summed E-state index contributed by atoms with van der Waals surface area (Å²) in [6.07, 6.45) is 1.43. The topological polar surface area (TPSA) is 135 Å². The number of nitrogens with one attached hydrogen (secondary N) is 3. The van der Waals surface area contributed by atoms with Gasteiger partial charge in [0.2, 0.25) is 0 Å². The molecule has 0 fully saturated rings. The maximum Gasteiger partial charge on any atom is 0.290 e. The fraction of sp³-hybridized carbons (Fsp3) is 0.105. The second-order valence-electron chi connectivity index (χ2n) is 5.73. The van der Waals surface area contributed by atoms with Crippen molar-refractivity contribution >= 4 is 28.8 Å². The number of benzene rings is 2. The smallest absolute Gasteiger partial charge is 0.290 e. The van der Waals surface area contributed by atoms with E-state index < -0.39 is 24.0 Å². The Bertz CT molecular complexity index is 1110. The van der Waals surface area contributed by atoms with E-state index in [0.717, 1.165) is 5.56 Å². The van der Waals surface area contributed by atoms with Gasteiger partial charge in [-0.3, -0.25) is 25.2 Å². The maximum absolute atomic E-state index is 12.3. The molecule has 0 bridgehead atoms. The Labute approximate surface area is 164 Å². The number of carbonyl (C=O) groups is 2. The third-order valence-electron chi connectivity index (χ3n) is 3.81. The zero-order valence-electron chi connectivity index (χ0n) is 15.3. The Morgan fingerprint density at radius 1 is 1.10 bits per heavy atom. The number of hydrogen-bond acceptors (Lipinski definition) is 7. The Morgan fingerprint density at radius 3 is 2.55 bits per heavy atom. The number of hydrazine groups is 1. The lowest BCUT2D eigenvalue weighted by Crippen LogP contribution is -2.43. The van der Waals surface area contributed by atoms with Gasteiger partial charge >= 0.3 is 0 Å². The number of oxime groups is 1. The first-order valence-electron chi connectivity index (χ1n) is 8.44. The van der Waals surface area contributed by atoms with Crippen molar-refractivity contribution < 1.29 is 19.2 Å². The standard InChI is InChI=1S/C19H17N5O5/c1-28-13-8-6-12(7-9-13)10-20-29-11-16(25)21-24-19(27)17-14-4-2-3-5-15(14)18(26)23-22-17/h2-10H,11H2,1H3,(H,21,25)(H,23,26)(H,24,27)/b20-10-. The molecule has 1 heterocycles. The second kappa shape index (κ2) is 9.13. The minimum absolute atomic E-state index is 0.0288. The largest absolute Gasteiger partial charge is 0.497 e. The lowest BCUT2D eigenvalue weighted by Gasteiger charge is -2.07. The van der Waals surface area contributed by atoms with E-state index in [1.165, 1.54) is 6.21 Å². The molecule has 0 aliphatic carbocycles. The average molecular weight is 395 g/mol. The summed E-state index contributed by atoms with van der Waals surface area (Å²) in [5.41, 5.74) is 4.72. The van der Waals surface area contributed by atoms with Crippen LogP contribution in [0.1, 0.15) is 16.1 Å². The highest BCUT2D eigenvalue weighted by atomic mass is 16.6. The van der Waals surface area contributed by atoms with Crippen LogP contribution in [-0.4, -0.2) is 41.9 Å². The molecule has 0 atom stereocenters. The Balaban J connectivity index is 1.50. The molecule has 2 aromatic carbocycles. The van der Waals surface area contributed by atoms with Crippen molar-refractivity contribution in [2.24, 2.45) is 5.16 Å². The molecule has 29 heavy (non-hydrogen) atoms. The van der Waals surface area contributed by atoms with E-state index in [-0.39, 0.29) is 5.69 Å². The third kappa shape index (κ3) is 4.95. The lowest BCUT2D eigenvalue weighted by molar-refractivity contribution is -0.126. The molecule has 0 saturated heterocycles. The van der Waals surface area contributed by atoms with Crippen molar-refractivity contribution in [1.29, 1.82) is 0 Å². The number of aromatic amines is 1. The normalized spacial score (nSPS) is 10.7. The van der Waals surface area contributed by atoms with Crippen molar-refractivity contribution in [2.75, 3.05) is 13.7 Å². The molecule has 3 aromatic rings. The molecule has 10 nitrogen and oxygen atoms in total. The molecule has 10 heteroatoms. The van der Waals surface area contributed by atoms with E-state index in [9.17, 15) is 14.4 Å². The molecule has 2 amide bonds. The van der Waals surface area contributed by atoms with Crippen LogP contribution in [0.15, 0.2) is 58.5 Å². The molecule has 1 aromatic heterocycles. The van der Waals surface area contributed by atoms with Crippen LogP contribution in [0.4, 0.5) is 0 Å². The van der Waals surface area contributed by atoms with E-state index in [0.29, 0.717) is 16.5 Å². The van der Waals surface area contributed by atoms with E-state index in [1.54, 1.807) is 55.6 Å². The van der Waals surface area contributed by atoms with Gasteiger partial charge in [-0.25, -0.2) is 5.10 Å². The Kier molecular flexibility index (Phi) is 6.15. The predicted octanol–water partition coefficient (Wildman–Crippen LogP) is 0.743. The molecular weight excluding hydrogens is 378 g/mol. The predicted molar refractivity (Wildman–Crippen MR) is 105 cm³/mol. The van der Waals surface area contributed by atoms with E-state index in [4.69, 9.17) is 9.57 Å². The summed E-state index contributed by atoms with van der Waals surface area (Å²) in [5.74, 6) is -0.602. The monoisotopic (exact) mass is 395 g/mol. The van der Waals surface area contributed by atoms with Crippen molar-refractivity contribution in [1.82, 2.24) is 21.0 Å². The fourth-order valence-corrected chi connectivity index (χ4v) is 2.39. The molecule has 0 aliphatic heterocycles. The molecule has 148 valence electrons. The summed E-state index contributed by atoms with van der Waals surface area (Å²) in [7, 11) is 1.57. The summed E-state index contributed by atoms with van der Waals surface area (Å²) < 4.78 is 5.05. The van der Waals surface area contributed by atoms with Gasteiger partial charge in [0.25, 0.3) is 17.4 Å². The molecule has 0 spiro atoms. The first-order valence-corrected chi connectivity index (χ1v) is 8.44. The van der Waals surface area contributed by atoms with Crippen LogP contribution in [0.2, 0.25) is 0 Å². The number of ether oxygens (including phenoxy) is 1. The van der Waals surface area contributed by atoms with Gasteiger partial charge < -0.3 is 9.57 Å². The quantitative estimate of drug-likeness (QED) is 0.416. The SMILES string of the molecule is COc1ccc(/C=N\OCC(=O)NNC(=O)c2n[nH]c(=O)c3ccccc23)cc1. The van der Waals surface area contributed by atoms with Crippen molar-refractivity contribution in [3.8, 4) is 5.75 Å². The zero-order chi connectivity index (χ0) is 20.6. The summed E-state index contributed by atoms with van der Waals surface area (Å²) in [4.78, 5) is 40.7. The Hall–Kier alpha value is -4.21. The van der Waals surface area contributed by atoms with Crippen LogP contribution in [0.3, 0.4) is 0 Å². The van der Waals surface area contributed by atoms with Gasteiger partial charge in [-0.2, -0.15) is 5.10 Å². The number of fused-ring (bicyclic) bond motifs is 1. The molecule has 3 rings (SSSR count). The summed E-state index contributed by atoms with van der Waals surface area (Å²) in [6.45, 7) is -0.410. The van der Waals surface area contributed by atoms with Gasteiger partial charge in [0, 0.05) is 5.39 Å². The summed E-state index contributed by atoms with van der Waals surface area (Å²) in [6, 6.07) is 13.6. The van der Waals surface area contributed by atoms with Gasteiger partial charge in [-0.15, -0.1) is 0 Å². The highest BCUT2D eigenvalue weighted by Gasteiger charge is 2.14. The third-order valence-corrected chi connectivity index (χ3v) is 3.81. The number of aromatic nitrogens is 2. The Morgan fingerprint density at radius 2 is 1.83 bits per heavy atom. The number of amides is 2. The highest BCUT2D eigenvalue weighted by Crippen LogP contribution is 2.12. The van der Waals surface area contributed by atoms with Gasteiger partial charge in [-0.1, -0.05) is 23.4 Å². The minimum Gasteiger partial charge on any atom is -0.497 e. The summed E-state index contributed by atoms with van der Waals surface area (Å²) >= 11 is 0. The minimum atomic E-state index is -0.687. The first kappa shape index (κ1) is 19.5. The van der Waals surface area contributed by atoms with Crippen LogP contribution in [0.25, 0.3) is 10.8 Å². The van der Waals surface area contributed by atoms with E-state index in [2.05, 4.69) is 26.2 Å². The van der Waals surface area contributed by atoms with Crippen LogP contribution < -0.4 is 21.1 Å². The number of H-pyrrole nitrogens is 1. The number of rotatable bonds is 6. The number of hydrogen-bond donors (Lipinski definition) is 3. The van der Waals surface area contributed by atoms with E-state index in [1.807, 2.05) is 0 Å². The van der Waals surface area contributed by atoms with Gasteiger partial charge in [-0.05, 0) is 35.9 Å². The van der Waals surface area contributed by atoms with Crippen LogP contribution >= 0.6 is 0 Å². The van der Waals surface area contributed by atoms with E-state index >= 15 is 0 Å². The molecule has 3 N–H and O–H groups in total. The first-order chi connectivity index (χ1) is 14.1. The molecule has 0 aliphatic rings. The molecular formula is C19H17N5O5. The molecule has 0 saturated carbocycles. The van der Waals surface area contributed by atoms with Gasteiger partial charge in [0.15, 0.2) is 12.3 Å². The lowest BCUT2D eigenvalue weighted by atomic mass is 10.1. The van der Waals surface area contributed by atoms with Crippen molar-refractivity contribution in [2.45, 2.75) is 0 Å². The average Bonchev–Trinajstić information content (AvgIpc) is 2.76. The molecule has 0 radical (unpaired) electrons. The number of carbonyl (C=O) groups excluding carboxylic acids is 2. The molecule has 0 unspecified atom stereocenters. The van der Waals surface area contributed by atoms with Gasteiger partial charge in [0.05, 0.1) is 18.7 Å². The zero-order valence-corrected chi connectivity index (χ0v) is 15.3. The van der Waals surface area contributed by atoms with Crippen LogP contribution in [0.5, 0.6) is 5.75 Å². The number of methoxy groups -OCH3 is 1. The van der Waals surface area contributed by atoms with Crippen molar-refractivity contribution in [3.05, 3.63) is 70.1 Å². The van der Waals surface area contributed by atoms with Crippen LogP contribution in [-0.2, 0) is 9.63 Å².